The van der Waals surface area contributed by atoms with Crippen molar-refractivity contribution in [1.82, 2.24) is 19.8 Å². The summed E-state index contributed by atoms with van der Waals surface area (Å²) in [6, 6.07) is 13.3. The van der Waals surface area contributed by atoms with Crippen molar-refractivity contribution in [3.05, 3.63) is 47.8 Å². The van der Waals surface area contributed by atoms with Crippen LogP contribution in [0.25, 0.3) is 5.65 Å². The molecule has 0 atom stereocenters. The normalized spacial score (nSPS) is 18.4. The largest absolute Gasteiger partial charge is 0.382 e. The third kappa shape index (κ3) is 3.00. The first-order valence-corrected chi connectivity index (χ1v) is 9.57. The minimum Gasteiger partial charge on any atom is -0.382 e. The van der Waals surface area contributed by atoms with Crippen molar-refractivity contribution in [2.75, 3.05) is 23.3 Å². The second-order valence-electron chi connectivity index (χ2n) is 7.57. The number of hydrogen-bond donors (Lipinski definition) is 1. The first-order valence-electron chi connectivity index (χ1n) is 9.57. The number of hydrogen-bond acceptors (Lipinski definition) is 5. The van der Waals surface area contributed by atoms with E-state index < -0.39 is 0 Å². The summed E-state index contributed by atoms with van der Waals surface area (Å²) in [6.07, 6.45) is 4.65. The molecule has 5 rings (SSSR count). The monoisotopic (exact) mass is 348 g/mol. The van der Waals surface area contributed by atoms with Crippen molar-refractivity contribution in [3.63, 3.8) is 0 Å². The zero-order valence-corrected chi connectivity index (χ0v) is 15.1. The van der Waals surface area contributed by atoms with Crippen LogP contribution < -0.4 is 10.2 Å². The van der Waals surface area contributed by atoms with E-state index in [1.165, 1.54) is 24.1 Å². The van der Waals surface area contributed by atoms with Crippen LogP contribution in [0.3, 0.4) is 0 Å². The quantitative estimate of drug-likeness (QED) is 0.783. The van der Waals surface area contributed by atoms with E-state index in [9.17, 15) is 0 Å². The lowest BCUT2D eigenvalue weighted by atomic mass is 10.0. The first-order chi connectivity index (χ1) is 12.8. The number of benzene rings is 1. The molecule has 3 heterocycles. The maximum atomic E-state index is 4.84. The number of aryl methyl sites for hydroxylation is 1. The third-order valence-electron chi connectivity index (χ3n) is 5.42. The van der Waals surface area contributed by atoms with Crippen LogP contribution >= 0.6 is 0 Å². The van der Waals surface area contributed by atoms with Gasteiger partial charge in [-0.2, -0.15) is 4.52 Å². The summed E-state index contributed by atoms with van der Waals surface area (Å²) < 4.78 is 1.95. The molecule has 0 bridgehead atoms. The number of nitrogens with zero attached hydrogens (tertiary/aromatic N) is 5. The lowest BCUT2D eigenvalue weighted by molar-refractivity contribution is 0.521. The Morgan fingerprint density at radius 1 is 1.00 bits per heavy atom. The van der Waals surface area contributed by atoms with Crippen LogP contribution in [0.2, 0.25) is 0 Å². The molecule has 6 heteroatoms. The number of piperidine rings is 1. The summed E-state index contributed by atoms with van der Waals surface area (Å²) in [4.78, 5) is 2.38. The molecule has 1 aliphatic heterocycles. The van der Waals surface area contributed by atoms with Gasteiger partial charge in [-0.05, 0) is 62.4 Å². The van der Waals surface area contributed by atoms with Gasteiger partial charge < -0.3 is 10.2 Å². The minimum atomic E-state index is 0.522. The van der Waals surface area contributed by atoms with E-state index in [1.54, 1.807) is 0 Å². The van der Waals surface area contributed by atoms with Crippen molar-refractivity contribution in [3.8, 4) is 0 Å². The number of aromatic nitrogens is 4. The zero-order chi connectivity index (χ0) is 17.5. The Morgan fingerprint density at radius 3 is 2.62 bits per heavy atom. The van der Waals surface area contributed by atoms with Gasteiger partial charge in [0.1, 0.15) is 5.82 Å². The molecule has 2 fully saturated rings. The van der Waals surface area contributed by atoms with Gasteiger partial charge in [0.2, 0.25) is 0 Å². The molecule has 1 saturated carbocycles. The summed E-state index contributed by atoms with van der Waals surface area (Å²) in [5, 5.41) is 17.1. The molecule has 1 aromatic carbocycles. The topological polar surface area (TPSA) is 58.3 Å². The van der Waals surface area contributed by atoms with E-state index in [0.29, 0.717) is 12.0 Å². The summed E-state index contributed by atoms with van der Waals surface area (Å²) in [5.41, 5.74) is 3.37. The fourth-order valence-electron chi connectivity index (χ4n) is 3.78. The smallest absolute Gasteiger partial charge is 0.178 e. The molecular formula is C20H24N6. The minimum absolute atomic E-state index is 0.522. The van der Waals surface area contributed by atoms with Gasteiger partial charge in [0.25, 0.3) is 0 Å². The molecule has 6 nitrogen and oxygen atoms in total. The lowest BCUT2D eigenvalue weighted by Gasteiger charge is -2.33. The van der Waals surface area contributed by atoms with Gasteiger partial charge >= 0.3 is 0 Å². The van der Waals surface area contributed by atoms with E-state index >= 15 is 0 Å². The van der Waals surface area contributed by atoms with Gasteiger partial charge in [0, 0.05) is 30.7 Å². The van der Waals surface area contributed by atoms with E-state index in [1.807, 2.05) is 10.6 Å². The molecule has 1 aliphatic carbocycles. The fourth-order valence-corrected chi connectivity index (χ4v) is 3.78. The highest BCUT2D eigenvalue weighted by molar-refractivity contribution is 5.48. The highest BCUT2D eigenvalue weighted by Gasteiger charge is 2.29. The number of fused-ring (bicyclic) bond motifs is 1. The summed E-state index contributed by atoms with van der Waals surface area (Å²) in [7, 11) is 0. The maximum Gasteiger partial charge on any atom is 0.178 e. The van der Waals surface area contributed by atoms with Gasteiger partial charge in [-0.3, -0.25) is 0 Å². The van der Waals surface area contributed by atoms with Crippen molar-refractivity contribution >= 4 is 17.2 Å². The van der Waals surface area contributed by atoms with E-state index in [2.05, 4.69) is 57.7 Å². The van der Waals surface area contributed by atoms with Crippen molar-refractivity contribution < 1.29 is 0 Å². The molecule has 26 heavy (non-hydrogen) atoms. The highest BCUT2D eigenvalue weighted by Crippen LogP contribution is 2.38. The van der Waals surface area contributed by atoms with Crippen molar-refractivity contribution in [1.29, 1.82) is 0 Å². The molecule has 2 aromatic heterocycles. The summed E-state index contributed by atoms with van der Waals surface area (Å²) >= 11 is 0. The van der Waals surface area contributed by atoms with E-state index in [4.69, 9.17) is 5.10 Å². The van der Waals surface area contributed by atoms with Crippen LogP contribution in [0.5, 0.6) is 0 Å². The molecule has 0 radical (unpaired) electrons. The summed E-state index contributed by atoms with van der Waals surface area (Å²) in [6.45, 7) is 4.17. The maximum absolute atomic E-state index is 4.84. The number of rotatable bonds is 4. The van der Waals surface area contributed by atoms with Crippen LogP contribution in [-0.4, -0.2) is 38.9 Å². The molecule has 1 saturated heterocycles. The van der Waals surface area contributed by atoms with Crippen LogP contribution in [0, 0.1) is 6.92 Å². The Kier molecular flexibility index (Phi) is 3.76. The Labute approximate surface area is 153 Å². The second kappa shape index (κ2) is 6.27. The number of anilines is 2. The molecule has 2 aliphatic rings. The Hall–Kier alpha value is -2.63. The van der Waals surface area contributed by atoms with Crippen LogP contribution in [-0.2, 0) is 0 Å². The first kappa shape index (κ1) is 15.6. The molecule has 1 N–H and O–H groups in total. The Balaban J connectivity index is 1.27. The standard InChI is InChI=1S/C20H24N6/c1-14-3-2-4-17(13-14)21-16-9-11-25(12-10-16)19-8-7-18-22-23-20(15-5-6-15)26(18)24-19/h2-4,7-8,13,15-16,21H,5-6,9-12H2,1H3. The van der Waals surface area contributed by atoms with Crippen molar-refractivity contribution in [2.24, 2.45) is 0 Å². The fraction of sp³-hybridized carbons (Fsp3) is 0.450. The average Bonchev–Trinajstić information content (AvgIpc) is 3.41. The zero-order valence-electron chi connectivity index (χ0n) is 15.1. The Bertz CT molecular complexity index is 921. The Morgan fingerprint density at radius 2 is 1.85 bits per heavy atom. The van der Waals surface area contributed by atoms with Crippen molar-refractivity contribution in [2.45, 2.75) is 44.6 Å². The molecule has 0 spiro atoms. The predicted octanol–water partition coefficient (Wildman–Crippen LogP) is 3.39. The average molecular weight is 348 g/mol. The lowest BCUT2D eigenvalue weighted by Crippen LogP contribution is -2.39. The van der Waals surface area contributed by atoms with Gasteiger partial charge in [0.15, 0.2) is 11.5 Å². The number of nitrogens with one attached hydrogen (secondary N) is 1. The van der Waals surface area contributed by atoms with Gasteiger partial charge in [-0.15, -0.1) is 15.3 Å². The van der Waals surface area contributed by atoms with Crippen LogP contribution in [0.1, 0.15) is 43.0 Å². The van der Waals surface area contributed by atoms with Gasteiger partial charge in [0.05, 0.1) is 0 Å². The highest BCUT2D eigenvalue weighted by atomic mass is 15.4. The molecule has 0 unspecified atom stereocenters. The predicted molar refractivity (Wildman–Crippen MR) is 103 cm³/mol. The van der Waals surface area contributed by atoms with Gasteiger partial charge in [-0.25, -0.2) is 0 Å². The third-order valence-corrected chi connectivity index (χ3v) is 5.42. The molecule has 3 aromatic rings. The summed E-state index contributed by atoms with van der Waals surface area (Å²) in [5.74, 6) is 2.61. The van der Waals surface area contributed by atoms with Gasteiger partial charge in [-0.1, -0.05) is 12.1 Å². The SMILES string of the molecule is Cc1cccc(NC2CCN(c3ccc4nnc(C5CC5)n4n3)CC2)c1. The molecule has 134 valence electrons. The second-order valence-corrected chi connectivity index (χ2v) is 7.57. The van der Waals surface area contributed by atoms with E-state index in [-0.39, 0.29) is 0 Å². The van der Waals surface area contributed by atoms with Crippen LogP contribution in [0.15, 0.2) is 36.4 Å². The molecule has 0 amide bonds. The van der Waals surface area contributed by atoms with E-state index in [0.717, 1.165) is 43.2 Å². The molecular weight excluding hydrogens is 324 g/mol. The van der Waals surface area contributed by atoms with Crippen LogP contribution in [0.4, 0.5) is 11.5 Å².